The highest BCUT2D eigenvalue weighted by Gasteiger charge is 2.42. The van der Waals surface area contributed by atoms with Crippen molar-refractivity contribution in [3.8, 4) is 5.75 Å². The monoisotopic (exact) mass is 318 g/mol. The van der Waals surface area contributed by atoms with E-state index in [0.29, 0.717) is 6.54 Å². The Morgan fingerprint density at radius 3 is 2.78 bits per heavy atom. The predicted octanol–water partition coefficient (Wildman–Crippen LogP) is 3.05. The second-order valence-corrected chi connectivity index (χ2v) is 6.55. The van der Waals surface area contributed by atoms with Crippen LogP contribution in [0.5, 0.6) is 5.75 Å². The fraction of sp³-hybridized carbons (Fsp3) is 0.611. The van der Waals surface area contributed by atoms with Gasteiger partial charge in [-0.1, -0.05) is 31.7 Å². The van der Waals surface area contributed by atoms with Crippen LogP contribution in [-0.4, -0.2) is 25.9 Å². The average molecular weight is 318 g/mol. The molecule has 1 aromatic carbocycles. The lowest BCUT2D eigenvalue weighted by Gasteiger charge is -2.39. The molecule has 1 aliphatic heterocycles. The minimum atomic E-state index is -0.837. The van der Waals surface area contributed by atoms with Gasteiger partial charge in [0.05, 0.1) is 14.2 Å². The summed E-state index contributed by atoms with van der Waals surface area (Å²) < 4.78 is 10.5. The fourth-order valence-electron chi connectivity index (χ4n) is 3.84. The van der Waals surface area contributed by atoms with E-state index in [4.69, 9.17) is 9.47 Å². The molecule has 126 valence electrons. The first kappa shape index (κ1) is 16.1. The number of carbonyl (C=O) groups is 1. The first-order valence-electron chi connectivity index (χ1n) is 8.46. The van der Waals surface area contributed by atoms with Gasteiger partial charge in [-0.2, -0.15) is 0 Å². The Bertz CT molecular complexity index is 569. The van der Waals surface area contributed by atoms with Gasteiger partial charge in [-0.3, -0.25) is 5.32 Å². The zero-order valence-corrected chi connectivity index (χ0v) is 14.0. The number of hydrogen-bond donors (Lipinski definition) is 2. The second-order valence-electron chi connectivity index (χ2n) is 6.55. The Balaban J connectivity index is 1.81. The van der Waals surface area contributed by atoms with Gasteiger partial charge in [-0.05, 0) is 30.9 Å². The number of ether oxygens (including phenoxy) is 2. The Kier molecular flexibility index (Phi) is 4.76. The summed E-state index contributed by atoms with van der Waals surface area (Å²) in [4.78, 5) is 12.5. The molecule has 1 saturated carbocycles. The van der Waals surface area contributed by atoms with E-state index in [1.807, 2.05) is 18.2 Å². The van der Waals surface area contributed by atoms with Crippen LogP contribution in [0.25, 0.3) is 0 Å². The maximum absolute atomic E-state index is 12.5. The van der Waals surface area contributed by atoms with Crippen molar-refractivity contribution in [3.05, 3.63) is 23.8 Å². The molecule has 23 heavy (non-hydrogen) atoms. The summed E-state index contributed by atoms with van der Waals surface area (Å²) in [5.74, 6) is 1.31. The lowest BCUT2D eigenvalue weighted by Crippen LogP contribution is -2.60. The van der Waals surface area contributed by atoms with E-state index in [9.17, 15) is 4.79 Å². The van der Waals surface area contributed by atoms with Gasteiger partial charge >= 0.3 is 5.97 Å². The summed E-state index contributed by atoms with van der Waals surface area (Å²) in [6.07, 6.45) is 6.96. The van der Waals surface area contributed by atoms with Gasteiger partial charge < -0.3 is 14.8 Å². The molecule has 0 bridgehead atoms. The minimum absolute atomic E-state index is 0.246. The van der Waals surface area contributed by atoms with Gasteiger partial charge in [0, 0.05) is 17.8 Å². The van der Waals surface area contributed by atoms with Crippen LogP contribution in [0.1, 0.15) is 44.1 Å². The van der Waals surface area contributed by atoms with Crippen LogP contribution in [0.4, 0.5) is 5.69 Å². The van der Waals surface area contributed by atoms with Crippen LogP contribution < -0.4 is 15.4 Å². The highest BCUT2D eigenvalue weighted by Crippen LogP contribution is 2.36. The molecule has 1 atom stereocenters. The molecule has 1 aromatic rings. The summed E-state index contributed by atoms with van der Waals surface area (Å²) in [6.45, 7) is 0.589. The summed E-state index contributed by atoms with van der Waals surface area (Å²) in [5.41, 5.74) is 1.16. The third kappa shape index (κ3) is 3.15. The van der Waals surface area contributed by atoms with Gasteiger partial charge in [0.25, 0.3) is 0 Å². The summed E-state index contributed by atoms with van der Waals surface area (Å²) in [7, 11) is 3.11. The highest BCUT2D eigenvalue weighted by atomic mass is 16.5. The molecule has 1 fully saturated rings. The summed E-state index contributed by atoms with van der Waals surface area (Å²) in [5, 5.41) is 6.77. The van der Waals surface area contributed by atoms with Crippen molar-refractivity contribution in [2.45, 2.75) is 50.7 Å². The SMILES string of the molecule is COC(=O)C1(CCC2CCCC2)NCc2c(cccc2OC)N1. The molecule has 1 unspecified atom stereocenters. The van der Waals surface area contributed by atoms with E-state index in [1.165, 1.54) is 32.8 Å². The van der Waals surface area contributed by atoms with Gasteiger partial charge in [-0.15, -0.1) is 0 Å². The molecule has 0 amide bonds. The van der Waals surface area contributed by atoms with Crippen LogP contribution >= 0.6 is 0 Å². The Hall–Kier alpha value is -1.75. The van der Waals surface area contributed by atoms with E-state index in [1.54, 1.807) is 7.11 Å². The number of anilines is 1. The van der Waals surface area contributed by atoms with Gasteiger partial charge in [0.1, 0.15) is 5.75 Å². The number of benzene rings is 1. The molecule has 0 radical (unpaired) electrons. The standard InChI is InChI=1S/C18H26N2O3/c1-22-16-9-5-8-15-14(16)12-19-18(20-15,17(21)23-2)11-10-13-6-3-4-7-13/h5,8-9,13,19-20H,3-4,6-7,10-12H2,1-2H3. The molecule has 0 spiro atoms. The van der Waals surface area contributed by atoms with E-state index in [0.717, 1.165) is 35.8 Å². The van der Waals surface area contributed by atoms with Crippen LogP contribution in [0.2, 0.25) is 0 Å². The topological polar surface area (TPSA) is 59.6 Å². The fourth-order valence-corrected chi connectivity index (χ4v) is 3.84. The Labute approximate surface area is 137 Å². The zero-order valence-electron chi connectivity index (χ0n) is 14.0. The van der Waals surface area contributed by atoms with Crippen molar-refractivity contribution in [2.75, 3.05) is 19.5 Å². The average Bonchev–Trinajstić information content (AvgIpc) is 3.12. The molecule has 1 heterocycles. The molecular weight excluding hydrogens is 292 g/mol. The van der Waals surface area contributed by atoms with Crippen LogP contribution in [0.3, 0.4) is 0 Å². The smallest absolute Gasteiger partial charge is 0.346 e. The van der Waals surface area contributed by atoms with Crippen molar-refractivity contribution in [2.24, 2.45) is 5.92 Å². The maximum atomic E-state index is 12.5. The highest BCUT2D eigenvalue weighted by molar-refractivity contribution is 5.85. The zero-order chi connectivity index (χ0) is 16.3. The molecule has 2 N–H and O–H groups in total. The minimum Gasteiger partial charge on any atom is -0.496 e. The number of rotatable bonds is 5. The normalized spacial score (nSPS) is 23.9. The lowest BCUT2D eigenvalue weighted by molar-refractivity contribution is -0.148. The molecule has 5 nitrogen and oxygen atoms in total. The van der Waals surface area contributed by atoms with E-state index < -0.39 is 5.66 Å². The molecule has 0 aromatic heterocycles. The van der Waals surface area contributed by atoms with Crippen molar-refractivity contribution in [1.29, 1.82) is 0 Å². The lowest BCUT2D eigenvalue weighted by atomic mass is 9.92. The van der Waals surface area contributed by atoms with Crippen molar-refractivity contribution >= 4 is 11.7 Å². The van der Waals surface area contributed by atoms with E-state index in [2.05, 4.69) is 10.6 Å². The van der Waals surface area contributed by atoms with Crippen LogP contribution in [0.15, 0.2) is 18.2 Å². The summed E-state index contributed by atoms with van der Waals surface area (Å²) >= 11 is 0. The predicted molar refractivity (Wildman–Crippen MR) is 89.4 cm³/mol. The number of carbonyl (C=O) groups excluding carboxylic acids is 1. The van der Waals surface area contributed by atoms with E-state index >= 15 is 0 Å². The maximum Gasteiger partial charge on any atom is 0.346 e. The molecular formula is C18H26N2O3. The number of hydrogen-bond acceptors (Lipinski definition) is 5. The second kappa shape index (κ2) is 6.79. The number of nitrogens with one attached hydrogen (secondary N) is 2. The number of esters is 1. The van der Waals surface area contributed by atoms with E-state index in [-0.39, 0.29) is 5.97 Å². The van der Waals surface area contributed by atoms with Gasteiger partial charge in [-0.25, -0.2) is 4.79 Å². The molecule has 0 saturated heterocycles. The number of methoxy groups -OCH3 is 2. The molecule has 5 heteroatoms. The van der Waals surface area contributed by atoms with Crippen molar-refractivity contribution < 1.29 is 14.3 Å². The molecule has 1 aliphatic carbocycles. The first-order valence-corrected chi connectivity index (χ1v) is 8.46. The van der Waals surface area contributed by atoms with Crippen LogP contribution in [0, 0.1) is 5.92 Å². The first-order chi connectivity index (χ1) is 11.2. The third-order valence-electron chi connectivity index (χ3n) is 5.20. The van der Waals surface area contributed by atoms with Crippen molar-refractivity contribution in [1.82, 2.24) is 5.32 Å². The van der Waals surface area contributed by atoms with Gasteiger partial charge in [0.15, 0.2) is 5.66 Å². The molecule has 2 aliphatic rings. The summed E-state index contributed by atoms with van der Waals surface area (Å²) in [6, 6.07) is 5.87. The Morgan fingerprint density at radius 1 is 1.30 bits per heavy atom. The van der Waals surface area contributed by atoms with Gasteiger partial charge in [0.2, 0.25) is 0 Å². The molecule has 3 rings (SSSR count). The number of fused-ring (bicyclic) bond motifs is 1. The largest absolute Gasteiger partial charge is 0.496 e. The van der Waals surface area contributed by atoms with Crippen molar-refractivity contribution in [3.63, 3.8) is 0 Å². The quantitative estimate of drug-likeness (QED) is 0.817. The Morgan fingerprint density at radius 2 is 2.09 bits per heavy atom. The van der Waals surface area contributed by atoms with Crippen LogP contribution in [-0.2, 0) is 16.1 Å². The third-order valence-corrected chi connectivity index (χ3v) is 5.20.